The molecule has 23 heavy (non-hydrogen) atoms. The van der Waals surface area contributed by atoms with E-state index in [9.17, 15) is 9.59 Å². The zero-order chi connectivity index (χ0) is 17.0. The highest BCUT2D eigenvalue weighted by Crippen LogP contribution is 2.31. The first kappa shape index (κ1) is 17.7. The molecule has 0 aromatic heterocycles. The van der Waals surface area contributed by atoms with Crippen molar-refractivity contribution < 1.29 is 9.59 Å². The van der Waals surface area contributed by atoms with Crippen LogP contribution in [0.1, 0.15) is 15.9 Å². The summed E-state index contributed by atoms with van der Waals surface area (Å²) in [6, 6.07) is 7.15. The van der Waals surface area contributed by atoms with E-state index < -0.39 is 0 Å². The van der Waals surface area contributed by atoms with Crippen LogP contribution in [0.25, 0.3) is 6.08 Å². The van der Waals surface area contributed by atoms with Gasteiger partial charge in [-0.3, -0.25) is 14.5 Å². The van der Waals surface area contributed by atoms with Crippen molar-refractivity contribution in [3.05, 3.63) is 40.3 Å². The van der Waals surface area contributed by atoms with Gasteiger partial charge in [0.15, 0.2) is 0 Å². The summed E-state index contributed by atoms with van der Waals surface area (Å²) in [5.74, 6) is -0.191. The minimum Gasteiger partial charge on any atom is -0.351 e. The van der Waals surface area contributed by atoms with Crippen LogP contribution in [-0.2, 0) is 4.79 Å². The number of likely N-dealkylation sites (N-methyl/N-ethyl adjacent to an activating group) is 2. The fourth-order valence-corrected chi connectivity index (χ4v) is 3.10. The molecule has 0 unspecified atom stereocenters. The van der Waals surface area contributed by atoms with Crippen molar-refractivity contribution in [3.63, 3.8) is 0 Å². The molecule has 0 aliphatic carbocycles. The van der Waals surface area contributed by atoms with E-state index in [-0.39, 0.29) is 11.8 Å². The third kappa shape index (κ3) is 4.63. The van der Waals surface area contributed by atoms with Gasteiger partial charge >= 0.3 is 0 Å². The maximum atomic E-state index is 12.0. The number of carbonyl (C=O) groups excluding carboxylic acids is 2. The standard InChI is InChI=1S/C16H19N3O2S2/c1-18(2)9-8-17-14(20)12-6-4-11(5-7-12)10-13-15(21)19(3)16(22)23-13/h4-7,10H,8-9H2,1-3H3,(H,17,20)/b13-10-. The number of carbonyl (C=O) groups is 2. The maximum absolute atomic E-state index is 12.0. The quantitative estimate of drug-likeness (QED) is 0.649. The van der Waals surface area contributed by atoms with Gasteiger partial charge in [0.05, 0.1) is 4.91 Å². The van der Waals surface area contributed by atoms with Crippen LogP contribution in [0.15, 0.2) is 29.2 Å². The monoisotopic (exact) mass is 349 g/mol. The topological polar surface area (TPSA) is 52.7 Å². The zero-order valence-electron chi connectivity index (χ0n) is 13.3. The van der Waals surface area contributed by atoms with Crippen molar-refractivity contribution in [2.24, 2.45) is 0 Å². The summed E-state index contributed by atoms with van der Waals surface area (Å²) in [6.45, 7) is 1.40. The van der Waals surface area contributed by atoms with Crippen molar-refractivity contribution in [3.8, 4) is 0 Å². The second-order valence-corrected chi connectivity index (χ2v) is 7.10. The van der Waals surface area contributed by atoms with E-state index in [1.807, 2.05) is 31.1 Å². The van der Waals surface area contributed by atoms with Gasteiger partial charge < -0.3 is 10.2 Å². The van der Waals surface area contributed by atoms with Crippen LogP contribution < -0.4 is 5.32 Å². The Balaban J connectivity index is 2.01. The molecule has 1 aromatic carbocycles. The molecule has 122 valence electrons. The molecule has 1 N–H and O–H groups in total. The van der Waals surface area contributed by atoms with Crippen molar-refractivity contribution in [1.82, 2.24) is 15.1 Å². The number of nitrogens with one attached hydrogen (secondary N) is 1. The zero-order valence-corrected chi connectivity index (χ0v) is 15.0. The summed E-state index contributed by atoms with van der Waals surface area (Å²) < 4.78 is 0.554. The van der Waals surface area contributed by atoms with Crippen LogP contribution in [0.2, 0.25) is 0 Å². The highest BCUT2D eigenvalue weighted by Gasteiger charge is 2.28. The van der Waals surface area contributed by atoms with Crippen LogP contribution in [0.5, 0.6) is 0 Å². The molecule has 2 rings (SSSR count). The number of thioether (sulfide) groups is 1. The maximum Gasteiger partial charge on any atom is 0.265 e. The van der Waals surface area contributed by atoms with Gasteiger partial charge in [-0.1, -0.05) is 36.1 Å². The average molecular weight is 349 g/mol. The second-order valence-electron chi connectivity index (χ2n) is 5.42. The first-order valence-electron chi connectivity index (χ1n) is 7.13. The molecule has 0 spiro atoms. The summed E-state index contributed by atoms with van der Waals surface area (Å²) in [5.41, 5.74) is 1.47. The van der Waals surface area contributed by atoms with E-state index in [4.69, 9.17) is 12.2 Å². The lowest BCUT2D eigenvalue weighted by atomic mass is 10.1. The van der Waals surface area contributed by atoms with Gasteiger partial charge in [-0.05, 0) is 37.9 Å². The predicted octanol–water partition coefficient (Wildman–Crippen LogP) is 1.81. The van der Waals surface area contributed by atoms with E-state index >= 15 is 0 Å². The largest absolute Gasteiger partial charge is 0.351 e. The summed E-state index contributed by atoms with van der Waals surface area (Å²) >= 11 is 6.38. The number of benzene rings is 1. The molecule has 1 aliphatic rings. The van der Waals surface area contributed by atoms with Crippen molar-refractivity contribution in [1.29, 1.82) is 0 Å². The Hall–Kier alpha value is -1.70. The molecule has 1 aliphatic heterocycles. The van der Waals surface area contributed by atoms with Crippen molar-refractivity contribution in [2.45, 2.75) is 0 Å². The minimum absolute atomic E-state index is 0.0921. The number of hydrogen-bond acceptors (Lipinski definition) is 5. The SMILES string of the molecule is CN(C)CCNC(=O)c1ccc(/C=C2\SC(=S)N(C)C2=O)cc1. The van der Waals surface area contributed by atoms with Gasteiger partial charge in [-0.25, -0.2) is 0 Å². The lowest BCUT2D eigenvalue weighted by molar-refractivity contribution is -0.121. The van der Waals surface area contributed by atoms with E-state index in [1.54, 1.807) is 25.3 Å². The molecule has 1 saturated heterocycles. The third-order valence-electron chi connectivity index (χ3n) is 3.30. The number of thiocarbonyl (C=S) groups is 1. The third-order valence-corrected chi connectivity index (χ3v) is 4.79. The van der Waals surface area contributed by atoms with Crippen LogP contribution in [0, 0.1) is 0 Å². The molecule has 0 atom stereocenters. The van der Waals surface area contributed by atoms with Crippen LogP contribution in [-0.4, -0.2) is 60.2 Å². The number of hydrogen-bond donors (Lipinski definition) is 1. The fourth-order valence-electron chi connectivity index (χ4n) is 1.92. The Labute approximate surface area is 145 Å². The number of nitrogens with zero attached hydrogens (tertiary/aromatic N) is 2. The van der Waals surface area contributed by atoms with Crippen LogP contribution in [0.3, 0.4) is 0 Å². The Morgan fingerprint density at radius 1 is 1.35 bits per heavy atom. The van der Waals surface area contributed by atoms with E-state index in [0.29, 0.717) is 21.3 Å². The molecule has 0 saturated carbocycles. The van der Waals surface area contributed by atoms with E-state index in [1.165, 1.54) is 16.7 Å². The van der Waals surface area contributed by atoms with Gasteiger partial charge in [0.1, 0.15) is 4.32 Å². The van der Waals surface area contributed by atoms with Gasteiger partial charge in [0.25, 0.3) is 11.8 Å². The van der Waals surface area contributed by atoms with E-state index in [2.05, 4.69) is 5.32 Å². The molecule has 1 fully saturated rings. The first-order valence-corrected chi connectivity index (χ1v) is 8.35. The Bertz CT molecular complexity index is 654. The lowest BCUT2D eigenvalue weighted by Crippen LogP contribution is -2.31. The molecular weight excluding hydrogens is 330 g/mol. The summed E-state index contributed by atoms with van der Waals surface area (Å²) in [4.78, 5) is 28.0. The summed E-state index contributed by atoms with van der Waals surface area (Å²) in [6.07, 6.45) is 1.79. The van der Waals surface area contributed by atoms with Crippen molar-refractivity contribution in [2.75, 3.05) is 34.2 Å². The smallest absolute Gasteiger partial charge is 0.265 e. The molecule has 1 aromatic rings. The molecular formula is C16H19N3O2S2. The first-order chi connectivity index (χ1) is 10.9. The predicted molar refractivity (Wildman–Crippen MR) is 98.3 cm³/mol. The number of amides is 2. The number of rotatable bonds is 5. The summed E-state index contributed by atoms with van der Waals surface area (Å²) in [5, 5.41) is 2.86. The van der Waals surface area contributed by atoms with Gasteiger partial charge in [-0.15, -0.1) is 0 Å². The van der Waals surface area contributed by atoms with Crippen LogP contribution >= 0.6 is 24.0 Å². The van der Waals surface area contributed by atoms with Gasteiger partial charge in [0, 0.05) is 25.7 Å². The average Bonchev–Trinajstić information content (AvgIpc) is 2.75. The van der Waals surface area contributed by atoms with Gasteiger partial charge in [-0.2, -0.15) is 0 Å². The molecule has 0 radical (unpaired) electrons. The Morgan fingerprint density at radius 2 is 2.00 bits per heavy atom. The molecule has 5 nitrogen and oxygen atoms in total. The Kier molecular flexibility index (Phi) is 5.92. The highest BCUT2D eigenvalue weighted by molar-refractivity contribution is 8.26. The fraction of sp³-hybridized carbons (Fsp3) is 0.312. The minimum atomic E-state index is -0.0988. The van der Waals surface area contributed by atoms with E-state index in [0.717, 1.165) is 12.1 Å². The highest BCUT2D eigenvalue weighted by atomic mass is 32.2. The Morgan fingerprint density at radius 3 is 2.52 bits per heavy atom. The van der Waals surface area contributed by atoms with Crippen molar-refractivity contribution >= 4 is 46.2 Å². The second kappa shape index (κ2) is 7.72. The molecule has 1 heterocycles. The van der Waals surface area contributed by atoms with Crippen LogP contribution in [0.4, 0.5) is 0 Å². The molecule has 2 amide bonds. The summed E-state index contributed by atoms with van der Waals surface area (Å²) in [7, 11) is 5.58. The molecule has 7 heteroatoms. The normalized spacial score (nSPS) is 16.5. The van der Waals surface area contributed by atoms with Gasteiger partial charge in [0.2, 0.25) is 0 Å². The molecule has 0 bridgehead atoms. The lowest BCUT2D eigenvalue weighted by Gasteiger charge is -2.10.